The van der Waals surface area contributed by atoms with Crippen LogP contribution in [0.2, 0.25) is 0 Å². The molecule has 0 bridgehead atoms. The first kappa shape index (κ1) is 21.0. The van der Waals surface area contributed by atoms with E-state index >= 15 is 0 Å². The number of imidazole rings is 1. The molecule has 2 heterocycles. The van der Waals surface area contributed by atoms with Crippen molar-refractivity contribution in [2.45, 2.75) is 31.7 Å². The largest absolute Gasteiger partial charge is 0.337 e. The Morgan fingerprint density at radius 2 is 1.84 bits per heavy atom. The number of hydrogen-bond acceptors (Lipinski definition) is 6. The molecule has 10 heteroatoms. The third kappa shape index (κ3) is 4.04. The second-order valence-electron chi connectivity index (χ2n) is 7.83. The van der Waals surface area contributed by atoms with E-state index in [9.17, 15) is 13.2 Å². The maximum atomic E-state index is 12.9. The SMILES string of the molecule is Cc1ccc(S(=O)(=O)N[C@@H](c2nc(-c3ccc4c(c3)[nH]c(=O)n4C)no2)C(C)C)cc1. The molecule has 0 radical (unpaired) electrons. The van der Waals surface area contributed by atoms with Crippen LogP contribution in [0.15, 0.2) is 56.7 Å². The van der Waals surface area contributed by atoms with Gasteiger partial charge in [-0.2, -0.15) is 9.71 Å². The Labute approximate surface area is 179 Å². The normalized spacial score (nSPS) is 13.2. The zero-order valence-corrected chi connectivity index (χ0v) is 18.4. The fraction of sp³-hybridized carbons (Fsp3) is 0.286. The van der Waals surface area contributed by atoms with Crippen LogP contribution in [0.1, 0.15) is 31.3 Å². The molecular formula is C21H23N5O4S. The number of sulfonamides is 1. The van der Waals surface area contributed by atoms with Crippen molar-refractivity contribution in [1.82, 2.24) is 24.4 Å². The molecule has 0 aliphatic heterocycles. The zero-order chi connectivity index (χ0) is 22.3. The number of nitrogens with zero attached hydrogens (tertiary/aromatic N) is 3. The maximum Gasteiger partial charge on any atom is 0.326 e. The van der Waals surface area contributed by atoms with Gasteiger partial charge in [-0.15, -0.1) is 0 Å². The molecule has 0 amide bonds. The summed E-state index contributed by atoms with van der Waals surface area (Å²) in [4.78, 5) is 19.2. The molecule has 0 aliphatic carbocycles. The second kappa shape index (κ2) is 7.78. The topological polar surface area (TPSA) is 123 Å². The van der Waals surface area contributed by atoms with E-state index in [-0.39, 0.29) is 22.4 Å². The van der Waals surface area contributed by atoms with Crippen molar-refractivity contribution in [3.63, 3.8) is 0 Å². The molecule has 9 nitrogen and oxygen atoms in total. The summed E-state index contributed by atoms with van der Waals surface area (Å²) in [6, 6.07) is 11.2. The second-order valence-corrected chi connectivity index (χ2v) is 9.55. The number of rotatable bonds is 6. The molecule has 0 saturated heterocycles. The van der Waals surface area contributed by atoms with Crippen LogP contribution in [0, 0.1) is 12.8 Å². The van der Waals surface area contributed by atoms with Gasteiger partial charge >= 0.3 is 5.69 Å². The molecule has 0 unspecified atom stereocenters. The van der Waals surface area contributed by atoms with Gasteiger partial charge in [0.15, 0.2) is 0 Å². The van der Waals surface area contributed by atoms with E-state index in [1.165, 1.54) is 4.57 Å². The number of aryl methyl sites for hydroxylation is 2. The summed E-state index contributed by atoms with van der Waals surface area (Å²) >= 11 is 0. The Morgan fingerprint density at radius 1 is 1.13 bits per heavy atom. The molecule has 162 valence electrons. The maximum absolute atomic E-state index is 12.9. The average Bonchev–Trinajstić information content (AvgIpc) is 3.31. The van der Waals surface area contributed by atoms with Crippen LogP contribution in [-0.4, -0.2) is 28.1 Å². The molecule has 0 saturated carbocycles. The van der Waals surface area contributed by atoms with Crippen molar-refractivity contribution in [2.24, 2.45) is 13.0 Å². The van der Waals surface area contributed by atoms with Gasteiger partial charge in [0.25, 0.3) is 0 Å². The van der Waals surface area contributed by atoms with E-state index in [1.54, 1.807) is 49.5 Å². The standard InChI is InChI=1S/C21H23N5O4S/c1-12(2)18(25-31(28,29)15-8-5-13(3)6-9-15)20-23-19(24-30-20)14-7-10-17-16(11-14)22-21(27)26(17)4/h5-12,18,25H,1-4H3,(H,22,27)/t18-/m1/s1. The third-order valence-corrected chi connectivity index (χ3v) is 6.61. The summed E-state index contributed by atoms with van der Waals surface area (Å²) < 4.78 is 35.3. The first-order valence-electron chi connectivity index (χ1n) is 9.77. The Morgan fingerprint density at radius 3 is 2.52 bits per heavy atom. The predicted octanol–water partition coefficient (Wildman–Crippen LogP) is 2.90. The average molecular weight is 442 g/mol. The highest BCUT2D eigenvalue weighted by molar-refractivity contribution is 7.89. The molecule has 2 N–H and O–H groups in total. The summed E-state index contributed by atoms with van der Waals surface area (Å²) in [6.45, 7) is 5.63. The van der Waals surface area contributed by atoms with E-state index < -0.39 is 16.1 Å². The summed E-state index contributed by atoms with van der Waals surface area (Å²) in [5.41, 5.74) is 2.80. The monoisotopic (exact) mass is 441 g/mol. The van der Waals surface area contributed by atoms with Crippen LogP contribution in [-0.2, 0) is 17.1 Å². The molecule has 31 heavy (non-hydrogen) atoms. The Hall–Kier alpha value is -3.24. The number of benzene rings is 2. The molecular weight excluding hydrogens is 418 g/mol. The van der Waals surface area contributed by atoms with Crippen LogP contribution < -0.4 is 10.4 Å². The van der Waals surface area contributed by atoms with Gasteiger partial charge in [0.2, 0.25) is 21.7 Å². The summed E-state index contributed by atoms with van der Waals surface area (Å²) in [5, 5.41) is 4.02. The van der Waals surface area contributed by atoms with Crippen molar-refractivity contribution in [3.05, 3.63) is 64.4 Å². The Kier molecular flexibility index (Phi) is 5.28. The van der Waals surface area contributed by atoms with Gasteiger partial charge in [-0.3, -0.25) is 4.57 Å². The van der Waals surface area contributed by atoms with Crippen LogP contribution in [0.5, 0.6) is 0 Å². The fourth-order valence-electron chi connectivity index (χ4n) is 3.28. The lowest BCUT2D eigenvalue weighted by molar-refractivity contribution is 0.311. The van der Waals surface area contributed by atoms with Crippen molar-refractivity contribution < 1.29 is 12.9 Å². The molecule has 1 atom stereocenters. The molecule has 0 fully saturated rings. The number of fused-ring (bicyclic) bond motifs is 1. The smallest absolute Gasteiger partial charge is 0.326 e. The minimum absolute atomic E-state index is 0.138. The minimum atomic E-state index is -3.78. The molecule has 4 rings (SSSR count). The van der Waals surface area contributed by atoms with Gasteiger partial charge in [0, 0.05) is 12.6 Å². The number of aromatic amines is 1. The van der Waals surface area contributed by atoms with E-state index in [0.29, 0.717) is 16.9 Å². The van der Waals surface area contributed by atoms with E-state index in [1.807, 2.05) is 20.8 Å². The molecule has 4 aromatic rings. The highest BCUT2D eigenvalue weighted by Crippen LogP contribution is 2.27. The lowest BCUT2D eigenvalue weighted by Gasteiger charge is -2.18. The summed E-state index contributed by atoms with van der Waals surface area (Å²) in [6.07, 6.45) is 0. The van der Waals surface area contributed by atoms with Gasteiger partial charge < -0.3 is 9.51 Å². The molecule has 0 spiro atoms. The van der Waals surface area contributed by atoms with Crippen molar-refractivity contribution in [3.8, 4) is 11.4 Å². The van der Waals surface area contributed by atoms with Crippen LogP contribution in [0.25, 0.3) is 22.4 Å². The quantitative estimate of drug-likeness (QED) is 0.474. The first-order valence-corrected chi connectivity index (χ1v) is 11.3. The number of H-pyrrole nitrogens is 1. The van der Waals surface area contributed by atoms with Crippen molar-refractivity contribution in [2.75, 3.05) is 0 Å². The van der Waals surface area contributed by atoms with Gasteiger partial charge in [-0.05, 0) is 43.2 Å². The predicted molar refractivity (Wildman–Crippen MR) is 116 cm³/mol. The van der Waals surface area contributed by atoms with E-state index in [2.05, 4.69) is 19.8 Å². The Balaban J connectivity index is 1.65. The van der Waals surface area contributed by atoms with Crippen LogP contribution in [0.3, 0.4) is 0 Å². The van der Waals surface area contributed by atoms with Crippen molar-refractivity contribution >= 4 is 21.1 Å². The molecule has 2 aromatic carbocycles. The number of hydrogen-bond donors (Lipinski definition) is 2. The Bertz CT molecular complexity index is 1400. The third-order valence-electron chi connectivity index (χ3n) is 5.15. The number of nitrogens with one attached hydrogen (secondary N) is 2. The van der Waals surface area contributed by atoms with Crippen molar-refractivity contribution in [1.29, 1.82) is 0 Å². The zero-order valence-electron chi connectivity index (χ0n) is 17.6. The van der Waals surface area contributed by atoms with E-state index in [4.69, 9.17) is 4.52 Å². The van der Waals surface area contributed by atoms with Gasteiger partial charge in [0.05, 0.1) is 15.9 Å². The summed E-state index contributed by atoms with van der Waals surface area (Å²) in [5.74, 6) is 0.339. The van der Waals surface area contributed by atoms with Crippen LogP contribution >= 0.6 is 0 Å². The van der Waals surface area contributed by atoms with Crippen LogP contribution in [0.4, 0.5) is 0 Å². The lowest BCUT2D eigenvalue weighted by Crippen LogP contribution is -2.32. The minimum Gasteiger partial charge on any atom is -0.337 e. The highest BCUT2D eigenvalue weighted by Gasteiger charge is 2.29. The lowest BCUT2D eigenvalue weighted by atomic mass is 10.1. The molecule has 2 aromatic heterocycles. The summed E-state index contributed by atoms with van der Waals surface area (Å²) in [7, 11) is -2.09. The van der Waals surface area contributed by atoms with Gasteiger partial charge in [0.1, 0.15) is 6.04 Å². The van der Waals surface area contributed by atoms with E-state index in [0.717, 1.165) is 11.1 Å². The first-order chi connectivity index (χ1) is 14.7. The van der Waals surface area contributed by atoms with Gasteiger partial charge in [-0.25, -0.2) is 13.2 Å². The van der Waals surface area contributed by atoms with Gasteiger partial charge in [-0.1, -0.05) is 36.7 Å². The number of aromatic nitrogens is 4. The fourth-order valence-corrected chi connectivity index (χ4v) is 4.62. The molecule has 0 aliphatic rings. The highest BCUT2D eigenvalue weighted by atomic mass is 32.2.